The maximum Gasteiger partial charge on any atom is 0.324 e. The number of carbonyl (C=O) groups is 5. The number of esters is 1. The summed E-state index contributed by atoms with van der Waals surface area (Å²) < 4.78 is 14.9. The summed E-state index contributed by atoms with van der Waals surface area (Å²) >= 11 is 1.46. The smallest absolute Gasteiger partial charge is 0.324 e. The number of urea groups is 1. The van der Waals surface area contributed by atoms with Crippen LogP contribution in [0.2, 0.25) is 0 Å². The zero-order chi connectivity index (χ0) is 45.8. The summed E-state index contributed by atoms with van der Waals surface area (Å²) in [7, 11) is 4.94. The van der Waals surface area contributed by atoms with Crippen LogP contribution in [0.1, 0.15) is 82.2 Å². The number of hydrogen-bond donors (Lipinski definition) is 2. The first-order valence-electron chi connectivity index (χ1n) is 22.3. The van der Waals surface area contributed by atoms with Crippen molar-refractivity contribution in [3.05, 3.63) is 70.8 Å². The predicted molar refractivity (Wildman–Crippen MR) is 244 cm³/mol. The van der Waals surface area contributed by atoms with Crippen molar-refractivity contribution in [1.82, 2.24) is 40.1 Å². The minimum Gasteiger partial charge on any atom is -0.464 e. The van der Waals surface area contributed by atoms with Crippen LogP contribution in [0.5, 0.6) is 0 Å². The second kappa shape index (κ2) is 17.5. The molecule has 2 fully saturated rings. The highest BCUT2D eigenvalue weighted by molar-refractivity contribution is 7.10. The van der Waals surface area contributed by atoms with Crippen molar-refractivity contribution in [3.63, 3.8) is 0 Å². The Morgan fingerprint density at radius 2 is 1.97 bits per heavy atom. The lowest BCUT2D eigenvalue weighted by Crippen LogP contribution is -2.58. The van der Waals surface area contributed by atoms with Crippen LogP contribution in [0, 0.1) is 22.7 Å². The van der Waals surface area contributed by atoms with Gasteiger partial charge in [0, 0.05) is 105 Å². The van der Waals surface area contributed by atoms with Crippen LogP contribution in [0.25, 0.3) is 33.4 Å². The van der Waals surface area contributed by atoms with Crippen molar-refractivity contribution in [1.29, 1.82) is 0 Å². The fourth-order valence-electron chi connectivity index (χ4n) is 10.5. The molecule has 4 aromatic rings. The number of rotatable bonds is 10. The Kier molecular flexibility index (Phi) is 12.3. The molecule has 3 aromatic heterocycles. The van der Waals surface area contributed by atoms with E-state index < -0.39 is 40.9 Å². The number of cyclic esters (lactones) is 1. The summed E-state index contributed by atoms with van der Waals surface area (Å²) in [5.74, 6) is -2.49. The van der Waals surface area contributed by atoms with Gasteiger partial charge in [-0.2, -0.15) is 0 Å². The number of hydrogen-bond acceptors (Lipinski definition) is 11. The number of carbonyl (C=O) groups excluding carboxylic acids is 5. The number of ketones is 1. The van der Waals surface area contributed by atoms with Crippen molar-refractivity contribution in [2.75, 3.05) is 47.4 Å². The second-order valence-electron chi connectivity index (χ2n) is 18.8. The number of amides is 4. The van der Waals surface area contributed by atoms with Crippen LogP contribution < -0.4 is 10.7 Å². The summed E-state index contributed by atoms with van der Waals surface area (Å²) in [6.07, 6.45) is 4.06. The van der Waals surface area contributed by atoms with Gasteiger partial charge in [0.25, 0.3) is 0 Å². The van der Waals surface area contributed by atoms with Crippen LogP contribution in [0.3, 0.4) is 0 Å². The van der Waals surface area contributed by atoms with E-state index in [-0.39, 0.29) is 68.0 Å². The minimum atomic E-state index is -1.15. The minimum absolute atomic E-state index is 0.0834. The molecule has 16 heteroatoms. The molecular weight excluding hydrogens is 833 g/mol. The van der Waals surface area contributed by atoms with Gasteiger partial charge in [-0.3, -0.25) is 29.2 Å². The molecule has 2 aliphatic carbocycles. The van der Waals surface area contributed by atoms with E-state index in [2.05, 4.69) is 66.9 Å². The normalized spacial score (nSPS) is 24.1. The molecule has 1 saturated heterocycles. The Morgan fingerprint density at radius 1 is 1.19 bits per heavy atom. The van der Waals surface area contributed by atoms with E-state index in [0.29, 0.717) is 30.9 Å². The number of nitrogens with one attached hydrogen (secondary N) is 2. The van der Waals surface area contributed by atoms with Crippen LogP contribution in [-0.2, 0) is 41.6 Å². The van der Waals surface area contributed by atoms with Gasteiger partial charge < -0.3 is 29.2 Å². The lowest BCUT2D eigenvalue weighted by Gasteiger charge is -2.42. The van der Waals surface area contributed by atoms with Gasteiger partial charge in [-0.25, -0.2) is 15.2 Å². The highest BCUT2D eigenvalue weighted by atomic mass is 32.1. The van der Waals surface area contributed by atoms with Gasteiger partial charge in [-0.05, 0) is 68.0 Å². The SMILES string of the molecule is C=CC(=O)NCCN(C)C(=O)N(C)[C@H](C(=O)[C@H]1CC12Cc1nc(cs1)-c1ccc3c(c1)c1c(n3CC)-c3cccnc3[C@@H](OC)C1C(C)(C)COC(=O)[C@@H]1CCCN(N1)C2=O)C(C)C. The Labute approximate surface area is 378 Å². The molecule has 15 nitrogen and oxygen atoms in total. The van der Waals surface area contributed by atoms with E-state index >= 15 is 4.79 Å². The van der Waals surface area contributed by atoms with E-state index in [9.17, 15) is 19.2 Å². The number of likely N-dealkylation sites (N-methyl/N-ethyl adjacent to an activating group) is 2. The van der Waals surface area contributed by atoms with Crippen molar-refractivity contribution in [2.24, 2.45) is 22.7 Å². The fraction of sp³-hybridized carbons (Fsp3) is 0.521. The molecule has 1 aromatic carbocycles. The van der Waals surface area contributed by atoms with Crippen LogP contribution in [0.4, 0.5) is 4.79 Å². The van der Waals surface area contributed by atoms with Crippen LogP contribution >= 0.6 is 11.3 Å². The zero-order valence-electron chi connectivity index (χ0n) is 38.1. The molecule has 2 unspecified atom stereocenters. The van der Waals surface area contributed by atoms with Crippen LogP contribution in [0.15, 0.2) is 54.6 Å². The van der Waals surface area contributed by atoms with E-state index in [4.69, 9.17) is 19.4 Å². The lowest BCUT2D eigenvalue weighted by molar-refractivity contribution is -0.157. The number of Topliss-reactive ketones (excluding diaryl/α,β-unsaturated/α-hetero) is 1. The molecular formula is C48H60N8O7S. The molecule has 6 atom stereocenters. The number of thiazole rings is 1. The van der Waals surface area contributed by atoms with Crippen molar-refractivity contribution in [2.45, 2.75) is 91.0 Å². The molecule has 1 saturated carbocycles. The molecule has 0 radical (unpaired) electrons. The average molecular weight is 893 g/mol. The molecule has 6 bridgehead atoms. The Hall–Kier alpha value is -5.45. The molecule has 1 spiro atoms. The molecule has 5 heterocycles. The first-order chi connectivity index (χ1) is 30.6. The van der Waals surface area contributed by atoms with Gasteiger partial charge in [0.1, 0.15) is 12.1 Å². The molecule has 4 aliphatic rings. The highest BCUT2D eigenvalue weighted by Crippen LogP contribution is 2.59. The van der Waals surface area contributed by atoms with E-state index in [1.165, 1.54) is 32.2 Å². The molecule has 2 aliphatic heterocycles. The molecule has 4 amide bonds. The number of fused-ring (bicyclic) bond motifs is 8. The maximum atomic E-state index is 15.0. The van der Waals surface area contributed by atoms with E-state index in [1.807, 2.05) is 25.3 Å². The summed E-state index contributed by atoms with van der Waals surface area (Å²) in [6, 6.07) is 8.50. The van der Waals surface area contributed by atoms with Crippen molar-refractivity contribution in [3.8, 4) is 22.5 Å². The van der Waals surface area contributed by atoms with Crippen molar-refractivity contribution < 1.29 is 33.4 Å². The third kappa shape index (κ3) is 7.80. The van der Waals surface area contributed by atoms with Gasteiger partial charge in [-0.15, -0.1) is 11.3 Å². The van der Waals surface area contributed by atoms with Gasteiger partial charge >= 0.3 is 12.0 Å². The molecule has 340 valence electrons. The fourth-order valence-corrected chi connectivity index (χ4v) is 11.5. The first kappa shape index (κ1) is 45.1. The molecule has 2 N–H and O–H groups in total. The molecule has 8 rings (SSSR count). The number of pyridine rings is 1. The maximum absolute atomic E-state index is 15.0. The number of hydrazine groups is 1. The summed E-state index contributed by atoms with van der Waals surface area (Å²) in [5, 5.41) is 7.98. The lowest BCUT2D eigenvalue weighted by atomic mass is 9.67. The third-order valence-electron chi connectivity index (χ3n) is 13.9. The summed E-state index contributed by atoms with van der Waals surface area (Å²) in [5.41, 5.74) is 8.23. The number of ether oxygens (including phenoxy) is 2. The summed E-state index contributed by atoms with van der Waals surface area (Å²) in [4.78, 5) is 82.4. The number of benzene rings is 1. The Morgan fingerprint density at radius 3 is 2.69 bits per heavy atom. The Balaban J connectivity index is 1.19. The predicted octanol–water partition coefficient (Wildman–Crippen LogP) is 6.14. The third-order valence-corrected chi connectivity index (χ3v) is 14.7. The number of aromatic nitrogens is 3. The second-order valence-corrected chi connectivity index (χ2v) is 19.7. The number of nitrogens with zero attached hydrogens (tertiary/aromatic N) is 6. The van der Waals surface area contributed by atoms with Gasteiger partial charge in [0.2, 0.25) is 11.8 Å². The zero-order valence-corrected chi connectivity index (χ0v) is 38.9. The highest BCUT2D eigenvalue weighted by Gasteiger charge is 2.66. The standard InChI is InChI=1S/C48H60N8O7S/c1-10-35(57)49-19-21-53(7)46(61)54(8)40(27(3)4)42(58)31-23-48(31)24-36-51-33(25-64-36)28-16-17-34-30(22-28)37-38(43(62-9)39-29(14-12-18-50-39)41(37)55(34)11-2)47(5,6)26-63-44(59)32-15-13-20-56(52-32)45(48)60/h10,12,14,16-18,22,25,27,31-32,38,40,43,52H,1,11,13,15,19-21,23-24,26H2,2-9H3,(H,49,57)/t31-,32+,38?,40+,43+,48?/m1/s1. The Bertz CT molecular complexity index is 2510. The monoisotopic (exact) mass is 892 g/mol. The number of aryl methyl sites for hydroxylation is 1. The van der Waals surface area contributed by atoms with E-state index in [1.54, 1.807) is 27.4 Å². The average Bonchev–Trinajstić information content (AvgIpc) is 3.66. The summed E-state index contributed by atoms with van der Waals surface area (Å²) in [6.45, 7) is 15.2. The number of methoxy groups -OCH3 is 1. The van der Waals surface area contributed by atoms with Crippen LogP contribution in [-0.4, -0.2) is 118 Å². The van der Waals surface area contributed by atoms with Gasteiger partial charge in [-0.1, -0.05) is 40.3 Å². The quantitative estimate of drug-likeness (QED) is 0.140. The van der Waals surface area contributed by atoms with E-state index in [0.717, 1.165) is 44.7 Å². The van der Waals surface area contributed by atoms with Gasteiger partial charge in [0.05, 0.1) is 40.2 Å². The topological polar surface area (TPSA) is 168 Å². The largest absolute Gasteiger partial charge is 0.464 e. The van der Waals surface area contributed by atoms with Gasteiger partial charge in [0.15, 0.2) is 5.78 Å². The van der Waals surface area contributed by atoms with Crippen molar-refractivity contribution >= 4 is 51.8 Å². The molecule has 64 heavy (non-hydrogen) atoms. The first-order valence-corrected chi connectivity index (χ1v) is 23.2.